The van der Waals surface area contributed by atoms with Gasteiger partial charge in [0.15, 0.2) is 0 Å². The molecule has 1 fully saturated rings. The molecule has 8 nitrogen and oxygen atoms in total. The van der Waals surface area contributed by atoms with E-state index in [1.165, 1.54) is 108 Å². The van der Waals surface area contributed by atoms with Crippen molar-refractivity contribution in [1.29, 1.82) is 0 Å². The number of nitrogens with zero attached hydrogens (tertiary/aromatic N) is 1. The van der Waals surface area contributed by atoms with E-state index in [1.807, 2.05) is 23.4 Å². The van der Waals surface area contributed by atoms with Crippen molar-refractivity contribution in [2.75, 3.05) is 33.0 Å². The third-order valence-corrected chi connectivity index (χ3v) is 11.9. The lowest BCUT2D eigenvalue weighted by Gasteiger charge is -2.24. The van der Waals surface area contributed by atoms with Crippen LogP contribution in [-0.4, -0.2) is 63.9 Å². The molecule has 0 N–H and O–H groups in total. The van der Waals surface area contributed by atoms with Crippen LogP contribution in [0.5, 0.6) is 0 Å². The van der Waals surface area contributed by atoms with E-state index in [9.17, 15) is 13.2 Å². The predicted octanol–water partition coefficient (Wildman–Crippen LogP) is 10.3. The van der Waals surface area contributed by atoms with Crippen molar-refractivity contribution in [2.24, 2.45) is 5.92 Å². The molecule has 0 saturated carbocycles. The summed E-state index contributed by atoms with van der Waals surface area (Å²) in [6.07, 6.45) is 27.5. The molecule has 2 aliphatic heterocycles. The number of carbonyl (C=O) groups excluding carboxylic acids is 1. The number of unbranched alkanes of at least 4 members (excludes halogenated alkanes) is 17. The Hall–Kier alpha value is -1.59. The number of benzene rings is 1. The Morgan fingerprint density at radius 2 is 1.42 bits per heavy atom. The first-order valence-corrected chi connectivity index (χ1v) is 22.2. The Morgan fingerprint density at radius 1 is 0.820 bits per heavy atom. The Kier molecular flexibility index (Phi) is 22.5. The maximum Gasteiger partial charge on any atom is 0.305 e. The molecule has 1 saturated heterocycles. The third kappa shape index (κ3) is 18.8. The lowest BCUT2D eigenvalue weighted by atomic mass is 10.0. The molecule has 0 aliphatic carbocycles. The van der Waals surface area contributed by atoms with Gasteiger partial charge in [0.1, 0.15) is 0 Å². The molecular weight excluding hydrogens is 671 g/mol. The Bertz CT molecular complexity index is 1160. The van der Waals surface area contributed by atoms with Crippen molar-refractivity contribution in [2.45, 2.75) is 165 Å². The van der Waals surface area contributed by atoms with E-state index in [0.717, 1.165) is 44.3 Å². The van der Waals surface area contributed by atoms with Crippen LogP contribution < -0.4 is 0 Å². The first kappa shape index (κ1) is 42.8. The van der Waals surface area contributed by atoms with Crippen molar-refractivity contribution in [3.63, 3.8) is 0 Å². The average Bonchev–Trinajstić information content (AvgIpc) is 3.75. The van der Waals surface area contributed by atoms with Crippen LogP contribution in [0.25, 0.3) is 0 Å². The molecule has 3 unspecified atom stereocenters. The highest BCUT2D eigenvalue weighted by Gasteiger charge is 2.28. The summed E-state index contributed by atoms with van der Waals surface area (Å²) in [5.41, 5.74) is 0.372. The third-order valence-electron chi connectivity index (χ3n) is 9.62. The zero-order valence-corrected chi connectivity index (χ0v) is 32.8. The second-order valence-electron chi connectivity index (χ2n) is 14.3. The molecule has 2 heterocycles. The van der Waals surface area contributed by atoms with Gasteiger partial charge in [0.25, 0.3) is 10.1 Å². The van der Waals surface area contributed by atoms with Crippen molar-refractivity contribution in [1.82, 2.24) is 4.90 Å². The normalized spacial score (nSPS) is 19.1. The van der Waals surface area contributed by atoms with Gasteiger partial charge in [-0.25, -0.2) is 4.18 Å². The molecule has 0 aromatic heterocycles. The van der Waals surface area contributed by atoms with Gasteiger partial charge in [0.2, 0.25) is 5.56 Å². The number of rotatable bonds is 30. The predicted molar refractivity (Wildman–Crippen MR) is 204 cm³/mol. The largest absolute Gasteiger partial charge is 0.465 e. The fraction of sp³-hybridized carbons (Fsp3) is 0.775. The van der Waals surface area contributed by atoms with Gasteiger partial charge in [-0.3, -0.25) is 4.79 Å². The van der Waals surface area contributed by atoms with E-state index in [0.29, 0.717) is 32.8 Å². The van der Waals surface area contributed by atoms with Crippen LogP contribution in [-0.2, 0) is 33.3 Å². The summed E-state index contributed by atoms with van der Waals surface area (Å²) >= 11 is 1.33. The highest BCUT2D eigenvalue weighted by atomic mass is 32.2. The van der Waals surface area contributed by atoms with Crippen LogP contribution >= 0.6 is 11.8 Å². The van der Waals surface area contributed by atoms with Crippen LogP contribution in [0, 0.1) is 12.8 Å². The van der Waals surface area contributed by atoms with Crippen molar-refractivity contribution < 1.29 is 31.6 Å². The van der Waals surface area contributed by atoms with Crippen LogP contribution in [0.15, 0.2) is 40.8 Å². The summed E-state index contributed by atoms with van der Waals surface area (Å²) in [7, 11) is -3.85. The van der Waals surface area contributed by atoms with E-state index in [4.69, 9.17) is 18.4 Å². The van der Waals surface area contributed by atoms with Crippen LogP contribution in [0.3, 0.4) is 0 Å². The molecular formula is C40H67NO7S2. The van der Waals surface area contributed by atoms with Crippen molar-refractivity contribution in [3.8, 4) is 0 Å². The fourth-order valence-corrected chi connectivity index (χ4v) is 8.55. The second-order valence-corrected chi connectivity index (χ2v) is 16.8. The molecule has 286 valence electrons. The van der Waals surface area contributed by atoms with E-state index in [-0.39, 0.29) is 22.9 Å². The van der Waals surface area contributed by atoms with E-state index in [2.05, 4.69) is 6.92 Å². The molecule has 50 heavy (non-hydrogen) atoms. The minimum atomic E-state index is -3.85. The standard InChI is InChI=1S/C40H67NO7S2/c1-3-4-5-6-7-8-9-10-11-12-13-14-15-16-17-21-29-45-34-37-31-36(32-46-37)33-47-39(42)22-19-18-20-27-41-28-30-49-40(41)48-50(43,44)38-25-23-35(2)24-26-38/h23-26,28,30,36-37,40H,3-22,27,29,31-34H2,1-2H3. The lowest BCUT2D eigenvalue weighted by molar-refractivity contribution is -0.145. The van der Waals surface area contributed by atoms with Crippen LogP contribution in [0.2, 0.25) is 0 Å². The molecule has 3 atom stereocenters. The number of esters is 1. The maximum atomic E-state index is 12.7. The molecule has 1 aromatic rings. The van der Waals surface area contributed by atoms with Gasteiger partial charge in [-0.05, 0) is 50.1 Å². The summed E-state index contributed by atoms with van der Waals surface area (Å²) in [5, 5.41) is 1.85. The maximum absolute atomic E-state index is 12.7. The van der Waals surface area contributed by atoms with Gasteiger partial charge in [-0.15, -0.1) is 0 Å². The van der Waals surface area contributed by atoms with Gasteiger partial charge in [0, 0.05) is 31.7 Å². The molecule has 0 bridgehead atoms. The van der Waals surface area contributed by atoms with Crippen molar-refractivity contribution in [3.05, 3.63) is 41.4 Å². The summed E-state index contributed by atoms with van der Waals surface area (Å²) in [4.78, 5) is 14.4. The number of ether oxygens (including phenoxy) is 3. The number of thioether (sulfide) groups is 1. The first-order valence-electron chi connectivity index (χ1n) is 19.8. The Balaban J connectivity index is 1.08. The molecule has 0 radical (unpaired) electrons. The number of aryl methyl sites for hydroxylation is 1. The van der Waals surface area contributed by atoms with Crippen molar-refractivity contribution >= 4 is 27.8 Å². The van der Waals surface area contributed by atoms with E-state index < -0.39 is 15.7 Å². The van der Waals surface area contributed by atoms with Gasteiger partial charge >= 0.3 is 5.97 Å². The van der Waals surface area contributed by atoms with E-state index in [1.54, 1.807) is 24.3 Å². The smallest absolute Gasteiger partial charge is 0.305 e. The number of hydrogen-bond acceptors (Lipinski definition) is 9. The summed E-state index contributed by atoms with van der Waals surface area (Å²) in [5.74, 6) is 0.0610. The van der Waals surface area contributed by atoms with Gasteiger partial charge in [0.05, 0.1) is 30.8 Å². The summed E-state index contributed by atoms with van der Waals surface area (Å²) < 4.78 is 48.2. The van der Waals surface area contributed by atoms with Gasteiger partial charge in [-0.1, -0.05) is 139 Å². The number of carbonyl (C=O) groups is 1. The van der Waals surface area contributed by atoms with E-state index >= 15 is 0 Å². The zero-order chi connectivity index (χ0) is 35.7. The van der Waals surface area contributed by atoms with Crippen LogP contribution in [0.4, 0.5) is 0 Å². The Morgan fingerprint density at radius 3 is 2.06 bits per heavy atom. The zero-order valence-electron chi connectivity index (χ0n) is 31.2. The lowest BCUT2D eigenvalue weighted by Crippen LogP contribution is -2.30. The quantitative estimate of drug-likeness (QED) is 0.0435. The number of hydrogen-bond donors (Lipinski definition) is 0. The molecule has 0 amide bonds. The molecule has 10 heteroatoms. The van der Waals surface area contributed by atoms with Gasteiger partial charge in [-0.2, -0.15) is 8.42 Å². The minimum absolute atomic E-state index is 0.0947. The second kappa shape index (κ2) is 26.2. The monoisotopic (exact) mass is 737 g/mol. The average molecular weight is 738 g/mol. The molecule has 1 aromatic carbocycles. The Labute approximate surface area is 308 Å². The molecule has 3 rings (SSSR count). The summed E-state index contributed by atoms with van der Waals surface area (Å²) in [6, 6.07) is 6.65. The van der Waals surface area contributed by atoms with Crippen LogP contribution in [0.1, 0.15) is 147 Å². The molecule has 0 spiro atoms. The highest BCUT2D eigenvalue weighted by molar-refractivity contribution is 8.03. The topological polar surface area (TPSA) is 91.4 Å². The molecule has 2 aliphatic rings. The summed E-state index contributed by atoms with van der Waals surface area (Å²) in [6.45, 7) is 7.28. The fourth-order valence-electron chi connectivity index (χ4n) is 6.46. The minimum Gasteiger partial charge on any atom is -0.465 e. The van der Waals surface area contributed by atoms with Gasteiger partial charge < -0.3 is 19.1 Å². The SMILES string of the molecule is CCCCCCCCCCCCCCCCCCOCC1CC(COC(=O)CCCCCN2C=CSC2OS(=O)(=O)c2ccc(C)cc2)CO1. The highest BCUT2D eigenvalue weighted by Crippen LogP contribution is 2.30. The first-order chi connectivity index (χ1) is 24.4.